The number of nitrogens with one attached hydrogen (secondary N) is 1. The van der Waals surface area contributed by atoms with Crippen LogP contribution in [0, 0.1) is 10.1 Å². The fourth-order valence-corrected chi connectivity index (χ4v) is 3.88. The maximum atomic E-state index is 12.5. The highest BCUT2D eigenvalue weighted by Crippen LogP contribution is 2.26. The van der Waals surface area contributed by atoms with Gasteiger partial charge in [-0.3, -0.25) is 19.7 Å². The highest BCUT2D eigenvalue weighted by atomic mass is 32.2. The second-order valence-corrected chi connectivity index (χ2v) is 7.98. The van der Waals surface area contributed by atoms with Crippen molar-refractivity contribution in [3.63, 3.8) is 0 Å². The number of nitrogens with zero attached hydrogens (tertiary/aromatic N) is 2. The molecule has 1 aliphatic heterocycles. The van der Waals surface area contributed by atoms with Crippen LogP contribution in [0.3, 0.4) is 0 Å². The van der Waals surface area contributed by atoms with Crippen LogP contribution in [0.1, 0.15) is 30.3 Å². The van der Waals surface area contributed by atoms with Crippen LogP contribution in [0.25, 0.3) is 0 Å². The summed E-state index contributed by atoms with van der Waals surface area (Å²) in [6.45, 7) is 2.93. The Bertz CT molecular complexity index is 830. The number of amides is 2. The number of carbonyl (C=O) groups is 2. The van der Waals surface area contributed by atoms with Gasteiger partial charge in [0.05, 0.1) is 16.4 Å². The number of non-ortho nitro benzene ring substituents is 1. The molecule has 9 heteroatoms. The molecule has 0 aliphatic carbocycles. The number of piperidine rings is 1. The third kappa shape index (κ3) is 4.92. The molecule has 0 radical (unpaired) electrons. The molecular formula is C19H21N3O5S. The Balaban J connectivity index is 1.46. The molecule has 1 aromatic carbocycles. The zero-order valence-electron chi connectivity index (χ0n) is 15.4. The minimum atomic E-state index is -0.451. The number of thioether (sulfide) groups is 1. The summed E-state index contributed by atoms with van der Waals surface area (Å²) >= 11 is 1.35. The van der Waals surface area contributed by atoms with E-state index in [-0.39, 0.29) is 28.8 Å². The average molecular weight is 403 g/mol. The first-order chi connectivity index (χ1) is 13.4. The molecule has 28 heavy (non-hydrogen) atoms. The standard InChI is InChI=1S/C19H21N3O5S/c1-13(28-16-6-4-15(5-7-16)22(25)26)18(23)20-14-8-10-21(11-9-14)19(24)17-3-2-12-27-17/h2-7,12-14H,8-11H2,1H3,(H,20,23). The van der Waals surface area contributed by atoms with Gasteiger partial charge in [0.2, 0.25) is 5.91 Å². The van der Waals surface area contributed by atoms with Gasteiger partial charge in [0.15, 0.2) is 5.76 Å². The van der Waals surface area contributed by atoms with Gasteiger partial charge in [0, 0.05) is 36.2 Å². The van der Waals surface area contributed by atoms with Gasteiger partial charge in [-0.05, 0) is 44.0 Å². The highest BCUT2D eigenvalue weighted by Gasteiger charge is 2.27. The van der Waals surface area contributed by atoms with Gasteiger partial charge in [0.25, 0.3) is 11.6 Å². The van der Waals surface area contributed by atoms with Crippen molar-refractivity contribution >= 4 is 29.3 Å². The Kier molecular flexibility index (Phi) is 6.35. The van der Waals surface area contributed by atoms with Crippen molar-refractivity contribution in [3.8, 4) is 0 Å². The number of hydrogen-bond acceptors (Lipinski definition) is 6. The molecule has 1 aromatic heterocycles. The summed E-state index contributed by atoms with van der Waals surface area (Å²) in [5.74, 6) is 0.117. The van der Waals surface area contributed by atoms with Gasteiger partial charge >= 0.3 is 0 Å². The summed E-state index contributed by atoms with van der Waals surface area (Å²) in [4.78, 5) is 37.5. The number of likely N-dealkylation sites (tertiary alicyclic amines) is 1. The predicted octanol–water partition coefficient (Wildman–Crippen LogP) is 3.09. The zero-order valence-corrected chi connectivity index (χ0v) is 16.2. The van der Waals surface area contributed by atoms with E-state index in [1.54, 1.807) is 36.1 Å². The van der Waals surface area contributed by atoms with Crippen LogP contribution in [0.15, 0.2) is 52.0 Å². The summed E-state index contributed by atoms with van der Waals surface area (Å²) in [6, 6.07) is 9.50. The van der Waals surface area contributed by atoms with Gasteiger partial charge in [-0.1, -0.05) is 0 Å². The van der Waals surface area contributed by atoms with Crippen LogP contribution in [0.2, 0.25) is 0 Å². The van der Waals surface area contributed by atoms with Gasteiger partial charge in [-0.15, -0.1) is 11.8 Å². The number of furan rings is 1. The maximum Gasteiger partial charge on any atom is 0.289 e. The van der Waals surface area contributed by atoms with Crippen molar-refractivity contribution in [2.45, 2.75) is 36.0 Å². The summed E-state index contributed by atoms with van der Waals surface area (Å²) in [6.07, 6.45) is 2.85. The lowest BCUT2D eigenvalue weighted by atomic mass is 10.0. The molecule has 0 bridgehead atoms. The monoisotopic (exact) mass is 403 g/mol. The third-order valence-electron chi connectivity index (χ3n) is 4.59. The van der Waals surface area contributed by atoms with Crippen LogP contribution in [0.4, 0.5) is 5.69 Å². The van der Waals surface area contributed by atoms with Crippen molar-refractivity contribution in [3.05, 3.63) is 58.5 Å². The lowest BCUT2D eigenvalue weighted by Gasteiger charge is -2.32. The minimum Gasteiger partial charge on any atom is -0.459 e. The van der Waals surface area contributed by atoms with E-state index < -0.39 is 4.92 Å². The van der Waals surface area contributed by atoms with E-state index in [2.05, 4.69) is 5.32 Å². The van der Waals surface area contributed by atoms with Crippen LogP contribution in [-0.4, -0.2) is 46.0 Å². The quantitative estimate of drug-likeness (QED) is 0.451. The SMILES string of the molecule is CC(Sc1ccc([N+](=O)[O-])cc1)C(=O)NC1CCN(C(=O)c2ccco2)CC1. The number of hydrogen-bond donors (Lipinski definition) is 1. The van der Waals surface area contributed by atoms with E-state index in [0.717, 1.165) is 4.90 Å². The molecular weight excluding hydrogens is 382 g/mol. The summed E-state index contributed by atoms with van der Waals surface area (Å²) in [5, 5.41) is 13.4. The molecule has 1 N–H and O–H groups in total. The molecule has 1 saturated heterocycles. The van der Waals surface area contributed by atoms with E-state index in [1.165, 1.54) is 30.2 Å². The normalized spacial score (nSPS) is 15.8. The van der Waals surface area contributed by atoms with E-state index in [0.29, 0.717) is 31.7 Å². The molecule has 1 unspecified atom stereocenters. The number of benzene rings is 1. The third-order valence-corrected chi connectivity index (χ3v) is 5.70. The summed E-state index contributed by atoms with van der Waals surface area (Å²) in [5.41, 5.74) is 0.0253. The molecule has 2 aromatic rings. The lowest BCUT2D eigenvalue weighted by molar-refractivity contribution is -0.384. The van der Waals surface area contributed by atoms with E-state index in [9.17, 15) is 19.7 Å². The molecule has 148 valence electrons. The topological polar surface area (TPSA) is 106 Å². The van der Waals surface area contributed by atoms with Gasteiger partial charge in [-0.25, -0.2) is 0 Å². The molecule has 0 spiro atoms. The minimum absolute atomic E-state index is 0.0214. The van der Waals surface area contributed by atoms with Crippen LogP contribution in [0.5, 0.6) is 0 Å². The Labute approximate surface area is 166 Å². The molecule has 2 heterocycles. The zero-order chi connectivity index (χ0) is 20.1. The van der Waals surface area contributed by atoms with E-state index in [1.807, 2.05) is 0 Å². The number of nitro benzene ring substituents is 1. The second-order valence-electron chi connectivity index (χ2n) is 6.56. The van der Waals surface area contributed by atoms with E-state index >= 15 is 0 Å². The van der Waals surface area contributed by atoms with Gasteiger partial charge in [0.1, 0.15) is 0 Å². The van der Waals surface area contributed by atoms with Crippen molar-refractivity contribution < 1.29 is 18.9 Å². The van der Waals surface area contributed by atoms with Crippen molar-refractivity contribution in [1.82, 2.24) is 10.2 Å². The first-order valence-corrected chi connectivity index (χ1v) is 9.86. The molecule has 3 rings (SSSR count). The first-order valence-electron chi connectivity index (χ1n) is 8.98. The molecule has 1 fully saturated rings. The number of carbonyl (C=O) groups excluding carboxylic acids is 2. The Hall–Kier alpha value is -2.81. The maximum absolute atomic E-state index is 12.5. The Morgan fingerprint density at radius 1 is 1.25 bits per heavy atom. The van der Waals surface area contributed by atoms with E-state index in [4.69, 9.17) is 4.42 Å². The molecule has 1 atom stereocenters. The average Bonchev–Trinajstić information content (AvgIpc) is 3.23. The van der Waals surface area contributed by atoms with Gasteiger partial charge < -0.3 is 14.6 Å². The Morgan fingerprint density at radius 3 is 2.50 bits per heavy atom. The molecule has 2 amide bonds. The highest BCUT2D eigenvalue weighted by molar-refractivity contribution is 8.00. The Morgan fingerprint density at radius 2 is 1.93 bits per heavy atom. The predicted molar refractivity (Wildman–Crippen MR) is 104 cm³/mol. The fraction of sp³-hybridized carbons (Fsp3) is 0.368. The van der Waals surface area contributed by atoms with Crippen LogP contribution >= 0.6 is 11.8 Å². The first kappa shape index (κ1) is 19.9. The van der Waals surface area contributed by atoms with Crippen molar-refractivity contribution in [2.24, 2.45) is 0 Å². The molecule has 0 saturated carbocycles. The lowest BCUT2D eigenvalue weighted by Crippen LogP contribution is -2.48. The van der Waals surface area contributed by atoms with Gasteiger partial charge in [-0.2, -0.15) is 0 Å². The molecule has 1 aliphatic rings. The smallest absolute Gasteiger partial charge is 0.289 e. The summed E-state index contributed by atoms with van der Waals surface area (Å²) in [7, 11) is 0. The van der Waals surface area contributed by atoms with Crippen LogP contribution < -0.4 is 5.32 Å². The fourth-order valence-electron chi connectivity index (χ4n) is 3.01. The summed E-state index contributed by atoms with van der Waals surface area (Å²) < 4.78 is 5.15. The largest absolute Gasteiger partial charge is 0.459 e. The number of nitro groups is 1. The molecule has 8 nitrogen and oxygen atoms in total. The van der Waals surface area contributed by atoms with Crippen molar-refractivity contribution in [2.75, 3.05) is 13.1 Å². The second kappa shape index (κ2) is 8.92. The van der Waals surface area contributed by atoms with Crippen molar-refractivity contribution in [1.29, 1.82) is 0 Å². The van der Waals surface area contributed by atoms with Crippen LogP contribution in [-0.2, 0) is 4.79 Å². The number of rotatable bonds is 6.